The second-order valence-electron chi connectivity index (χ2n) is 5.26. The zero-order valence-electron chi connectivity index (χ0n) is 13.6. The van der Waals surface area contributed by atoms with Gasteiger partial charge in [-0.25, -0.2) is 9.36 Å². The molecular formula is C18H14BrN3O4. The van der Waals surface area contributed by atoms with Crippen molar-refractivity contribution < 1.29 is 9.84 Å². The number of nitrogens with one attached hydrogen (secondary N) is 1. The van der Waals surface area contributed by atoms with Gasteiger partial charge in [0.05, 0.1) is 18.5 Å². The monoisotopic (exact) mass is 415 g/mol. The zero-order valence-corrected chi connectivity index (χ0v) is 15.2. The molecule has 3 aromatic rings. The minimum atomic E-state index is -0.751. The molecular weight excluding hydrogens is 402 g/mol. The van der Waals surface area contributed by atoms with Gasteiger partial charge in [0.15, 0.2) is 0 Å². The van der Waals surface area contributed by atoms with E-state index in [0.717, 1.165) is 9.04 Å². The lowest BCUT2D eigenvalue weighted by Crippen LogP contribution is -2.31. The van der Waals surface area contributed by atoms with E-state index in [1.165, 1.54) is 13.3 Å². The topological polar surface area (TPSA) is 96.7 Å². The Labute approximate surface area is 156 Å². The van der Waals surface area contributed by atoms with Crippen LogP contribution in [0.5, 0.6) is 11.6 Å². The van der Waals surface area contributed by atoms with Crippen molar-refractivity contribution in [1.29, 1.82) is 0 Å². The molecule has 2 N–H and O–H groups in total. The van der Waals surface area contributed by atoms with E-state index in [0.29, 0.717) is 17.1 Å². The van der Waals surface area contributed by atoms with E-state index in [4.69, 9.17) is 4.74 Å². The number of hydrogen-bond donors (Lipinski definition) is 2. The molecule has 3 rings (SSSR count). The van der Waals surface area contributed by atoms with Crippen molar-refractivity contribution in [2.45, 2.75) is 0 Å². The van der Waals surface area contributed by atoms with Crippen LogP contribution in [0.4, 0.5) is 5.69 Å². The fraction of sp³-hybridized carbons (Fsp3) is 0.0556. The number of halogens is 1. The summed E-state index contributed by atoms with van der Waals surface area (Å²) in [6, 6.07) is 13.5. The summed E-state index contributed by atoms with van der Waals surface area (Å²) in [4.78, 5) is 30.6. The number of ether oxygens (including phenoxy) is 1. The Kier molecular flexibility index (Phi) is 5.04. The summed E-state index contributed by atoms with van der Waals surface area (Å²) < 4.78 is 6.96. The lowest BCUT2D eigenvalue weighted by molar-refractivity contribution is 0.414. The van der Waals surface area contributed by atoms with Crippen LogP contribution < -0.4 is 16.0 Å². The number of nitrogens with zero attached hydrogens (tertiary/aromatic N) is 2. The van der Waals surface area contributed by atoms with Crippen LogP contribution in [0, 0.1) is 0 Å². The van der Waals surface area contributed by atoms with Crippen molar-refractivity contribution in [2.75, 3.05) is 7.11 Å². The van der Waals surface area contributed by atoms with E-state index in [9.17, 15) is 14.7 Å². The van der Waals surface area contributed by atoms with Crippen molar-refractivity contribution in [2.24, 2.45) is 4.99 Å². The van der Waals surface area contributed by atoms with Crippen molar-refractivity contribution in [1.82, 2.24) is 9.55 Å². The van der Waals surface area contributed by atoms with E-state index < -0.39 is 17.1 Å². The van der Waals surface area contributed by atoms with Gasteiger partial charge in [0.2, 0.25) is 5.88 Å². The van der Waals surface area contributed by atoms with Gasteiger partial charge in [-0.2, -0.15) is 0 Å². The Morgan fingerprint density at radius 1 is 1.12 bits per heavy atom. The number of aromatic amines is 1. The molecule has 0 atom stereocenters. The third-order valence-electron chi connectivity index (χ3n) is 3.62. The molecule has 0 aliphatic carbocycles. The minimum absolute atomic E-state index is 0.122. The number of aliphatic imine (C=N–C) groups is 1. The average molecular weight is 416 g/mol. The molecule has 132 valence electrons. The molecule has 0 fully saturated rings. The van der Waals surface area contributed by atoms with Gasteiger partial charge in [-0.05, 0) is 48.5 Å². The number of rotatable bonds is 4. The molecule has 0 bridgehead atoms. The second kappa shape index (κ2) is 7.40. The molecule has 0 spiro atoms. The Hall–Kier alpha value is -3.13. The Bertz CT molecular complexity index is 1070. The summed E-state index contributed by atoms with van der Waals surface area (Å²) in [5, 5.41) is 10.5. The van der Waals surface area contributed by atoms with Crippen LogP contribution in [0.15, 0.2) is 67.6 Å². The van der Waals surface area contributed by atoms with Crippen LogP contribution in [0.1, 0.15) is 5.56 Å². The quantitative estimate of drug-likeness (QED) is 0.640. The standard InChI is InChI=1S/C18H14BrN3O4/c1-26-14-8-6-13(7-9-14)22-17(24)15(16(23)21-18(22)25)10-20-12-4-2-11(19)3-5-12/h2-10,24H,1H3,(H,21,23,25). The lowest BCUT2D eigenvalue weighted by Gasteiger charge is -2.10. The maximum atomic E-state index is 12.1. The number of methoxy groups -OCH3 is 1. The smallest absolute Gasteiger partial charge is 0.335 e. The highest BCUT2D eigenvalue weighted by atomic mass is 79.9. The Morgan fingerprint density at radius 3 is 2.38 bits per heavy atom. The van der Waals surface area contributed by atoms with Crippen molar-refractivity contribution in [3.63, 3.8) is 0 Å². The van der Waals surface area contributed by atoms with Crippen LogP contribution in [0.2, 0.25) is 0 Å². The molecule has 0 aliphatic rings. The minimum Gasteiger partial charge on any atom is -0.497 e. The SMILES string of the molecule is COc1ccc(-n2c(O)c(C=Nc3ccc(Br)cc3)c(=O)[nH]c2=O)cc1. The van der Waals surface area contributed by atoms with Crippen LogP contribution in [0.3, 0.4) is 0 Å². The largest absolute Gasteiger partial charge is 0.497 e. The van der Waals surface area contributed by atoms with Gasteiger partial charge in [-0.15, -0.1) is 0 Å². The molecule has 8 heteroatoms. The van der Waals surface area contributed by atoms with Gasteiger partial charge >= 0.3 is 5.69 Å². The third-order valence-corrected chi connectivity index (χ3v) is 4.15. The van der Waals surface area contributed by atoms with E-state index in [1.807, 2.05) is 0 Å². The van der Waals surface area contributed by atoms with E-state index in [2.05, 4.69) is 25.9 Å². The van der Waals surface area contributed by atoms with E-state index in [1.54, 1.807) is 48.5 Å². The first kappa shape index (κ1) is 17.7. The predicted octanol–water partition coefficient (Wildman–Crippen LogP) is 2.75. The Morgan fingerprint density at radius 2 is 1.77 bits per heavy atom. The first-order valence-electron chi connectivity index (χ1n) is 7.52. The van der Waals surface area contributed by atoms with Crippen LogP contribution in [-0.2, 0) is 0 Å². The van der Waals surface area contributed by atoms with Gasteiger partial charge in [0.1, 0.15) is 11.3 Å². The molecule has 26 heavy (non-hydrogen) atoms. The van der Waals surface area contributed by atoms with E-state index in [-0.39, 0.29) is 5.56 Å². The van der Waals surface area contributed by atoms with Gasteiger partial charge in [-0.3, -0.25) is 14.8 Å². The molecule has 1 heterocycles. The number of aromatic hydroxyl groups is 1. The predicted molar refractivity (Wildman–Crippen MR) is 102 cm³/mol. The highest BCUT2D eigenvalue weighted by Crippen LogP contribution is 2.20. The number of hydrogen-bond acceptors (Lipinski definition) is 5. The maximum absolute atomic E-state index is 12.1. The van der Waals surface area contributed by atoms with Crippen LogP contribution in [-0.4, -0.2) is 28.0 Å². The molecule has 0 amide bonds. The maximum Gasteiger partial charge on any atom is 0.335 e. The molecule has 2 aromatic carbocycles. The summed E-state index contributed by atoms with van der Waals surface area (Å²) in [6.07, 6.45) is 1.22. The third kappa shape index (κ3) is 3.60. The summed E-state index contributed by atoms with van der Waals surface area (Å²) in [7, 11) is 1.52. The fourth-order valence-electron chi connectivity index (χ4n) is 2.29. The molecule has 0 radical (unpaired) electrons. The molecule has 1 aromatic heterocycles. The summed E-state index contributed by atoms with van der Waals surface area (Å²) in [6.45, 7) is 0. The van der Waals surface area contributed by atoms with Crippen LogP contribution >= 0.6 is 15.9 Å². The normalized spacial score (nSPS) is 11.0. The second-order valence-corrected chi connectivity index (χ2v) is 6.18. The highest BCUT2D eigenvalue weighted by Gasteiger charge is 2.14. The highest BCUT2D eigenvalue weighted by molar-refractivity contribution is 9.10. The van der Waals surface area contributed by atoms with Crippen molar-refractivity contribution in [3.05, 3.63) is 79.4 Å². The van der Waals surface area contributed by atoms with Gasteiger partial charge in [0, 0.05) is 10.7 Å². The Balaban J connectivity index is 2.07. The van der Waals surface area contributed by atoms with E-state index >= 15 is 0 Å². The van der Waals surface area contributed by atoms with Gasteiger partial charge in [-0.1, -0.05) is 15.9 Å². The molecule has 0 saturated carbocycles. The van der Waals surface area contributed by atoms with Crippen molar-refractivity contribution in [3.8, 4) is 17.3 Å². The first-order valence-corrected chi connectivity index (χ1v) is 8.31. The fourth-order valence-corrected chi connectivity index (χ4v) is 2.56. The molecule has 0 aliphatic heterocycles. The number of H-pyrrole nitrogens is 1. The molecule has 7 nitrogen and oxygen atoms in total. The molecule has 0 saturated heterocycles. The summed E-state index contributed by atoms with van der Waals surface area (Å²) in [5.41, 5.74) is -0.628. The van der Waals surface area contributed by atoms with Gasteiger partial charge < -0.3 is 9.84 Å². The first-order chi connectivity index (χ1) is 12.5. The summed E-state index contributed by atoms with van der Waals surface area (Å²) >= 11 is 3.32. The lowest BCUT2D eigenvalue weighted by atomic mass is 10.2. The number of benzene rings is 2. The van der Waals surface area contributed by atoms with Crippen molar-refractivity contribution >= 4 is 27.8 Å². The van der Waals surface area contributed by atoms with Gasteiger partial charge in [0.25, 0.3) is 5.56 Å². The average Bonchev–Trinajstić information content (AvgIpc) is 2.63. The summed E-state index contributed by atoms with van der Waals surface area (Å²) in [5.74, 6) is 0.104. The zero-order chi connectivity index (χ0) is 18.7. The molecule has 0 unspecified atom stereocenters. The van der Waals surface area contributed by atoms with Crippen LogP contribution in [0.25, 0.3) is 5.69 Å². The number of aromatic nitrogens is 2.